The van der Waals surface area contributed by atoms with Gasteiger partial charge in [0.15, 0.2) is 0 Å². The highest BCUT2D eigenvalue weighted by Crippen LogP contribution is 2.43. The van der Waals surface area contributed by atoms with Crippen LogP contribution in [-0.4, -0.2) is 26.2 Å². The van der Waals surface area contributed by atoms with Gasteiger partial charge in [0.05, 0.1) is 14.3 Å². The van der Waals surface area contributed by atoms with Crippen LogP contribution in [0.4, 0.5) is 0 Å². The molecule has 3 nitrogen and oxygen atoms in total. The Labute approximate surface area is 181 Å². The molecule has 2 amide bonds. The second kappa shape index (κ2) is 12.8. The molecule has 1 aliphatic heterocycles. The molecule has 0 aromatic rings. The normalized spacial score (nSPS) is 28.8. The van der Waals surface area contributed by atoms with Crippen molar-refractivity contribution in [1.82, 2.24) is 5.32 Å². The summed E-state index contributed by atoms with van der Waals surface area (Å²) in [6.45, 7) is 4.83. The van der Waals surface area contributed by atoms with Crippen LogP contribution >= 0.6 is 0 Å². The minimum absolute atomic E-state index is 0.102. The zero-order chi connectivity index (χ0) is 21.0. The van der Waals surface area contributed by atoms with E-state index in [1.54, 1.807) is 0 Å². The van der Waals surface area contributed by atoms with Gasteiger partial charge in [-0.05, 0) is 12.8 Å². The topological polar surface area (TPSA) is 46.2 Å². The van der Waals surface area contributed by atoms with E-state index in [-0.39, 0.29) is 17.1 Å². The maximum absolute atomic E-state index is 11.9. The van der Waals surface area contributed by atoms with Crippen molar-refractivity contribution >= 4 is 26.2 Å². The van der Waals surface area contributed by atoms with E-state index < -0.39 is 0 Å². The summed E-state index contributed by atoms with van der Waals surface area (Å²) < 4.78 is 0. The highest BCUT2D eigenvalue weighted by Gasteiger charge is 2.31. The lowest BCUT2D eigenvalue weighted by Crippen LogP contribution is -2.31. The highest BCUT2D eigenvalue weighted by atomic mass is 16.2. The minimum atomic E-state index is -0.102. The largest absolute Gasteiger partial charge is 0.296 e. The molecule has 0 aromatic carbocycles. The van der Waals surface area contributed by atoms with E-state index in [1.165, 1.54) is 70.6 Å². The number of amides is 2. The van der Waals surface area contributed by atoms with E-state index in [4.69, 9.17) is 0 Å². The summed E-state index contributed by atoms with van der Waals surface area (Å²) in [4.78, 5) is 23.7. The molecule has 5 heteroatoms. The van der Waals surface area contributed by atoms with Gasteiger partial charge < -0.3 is 0 Å². The lowest BCUT2D eigenvalue weighted by molar-refractivity contribution is -0.130. The second-order valence-electron chi connectivity index (χ2n) is 10.4. The first-order chi connectivity index (χ1) is 13.9. The Morgan fingerprint density at radius 2 is 0.897 bits per heavy atom. The Morgan fingerprint density at radius 3 is 1.38 bits per heavy atom. The molecule has 1 N–H and O–H groups in total. The van der Waals surface area contributed by atoms with Gasteiger partial charge in [-0.15, -0.1) is 0 Å². The van der Waals surface area contributed by atoms with Gasteiger partial charge in [-0.3, -0.25) is 14.9 Å². The molecular formula is C24H43B2NO2. The average Bonchev–Trinajstić information content (AvgIpc) is 2.69. The first-order valence-corrected chi connectivity index (χ1v) is 12.4. The smallest absolute Gasteiger partial charge is 0.226 e. The van der Waals surface area contributed by atoms with Gasteiger partial charge in [-0.25, -0.2) is 0 Å². The molecule has 1 saturated carbocycles. The molecule has 2 aliphatic rings. The van der Waals surface area contributed by atoms with Crippen LogP contribution < -0.4 is 5.32 Å². The van der Waals surface area contributed by atoms with Crippen LogP contribution in [0.3, 0.4) is 0 Å². The fraction of sp³-hybridized carbons (Fsp3) is 0.917. The van der Waals surface area contributed by atoms with E-state index in [0.29, 0.717) is 18.2 Å². The molecule has 1 atom stereocenters. The number of hydrogen-bond acceptors (Lipinski definition) is 2. The van der Waals surface area contributed by atoms with Crippen molar-refractivity contribution in [3.8, 4) is 0 Å². The maximum atomic E-state index is 11.9. The van der Waals surface area contributed by atoms with Crippen molar-refractivity contribution in [3.63, 3.8) is 0 Å². The van der Waals surface area contributed by atoms with Crippen LogP contribution in [0.1, 0.15) is 129 Å². The molecule has 2 fully saturated rings. The zero-order valence-corrected chi connectivity index (χ0v) is 19.2. The Hall–Kier alpha value is -0.730. The minimum Gasteiger partial charge on any atom is -0.296 e. The Balaban J connectivity index is 1.92. The van der Waals surface area contributed by atoms with E-state index in [2.05, 4.69) is 33.5 Å². The fourth-order valence-electron chi connectivity index (χ4n) is 5.03. The molecule has 0 bridgehead atoms. The van der Waals surface area contributed by atoms with Crippen LogP contribution in [0, 0.1) is 0 Å². The van der Waals surface area contributed by atoms with E-state index >= 15 is 0 Å². The van der Waals surface area contributed by atoms with Crippen LogP contribution in [0.5, 0.6) is 0 Å². The van der Waals surface area contributed by atoms with Gasteiger partial charge in [0.2, 0.25) is 11.8 Å². The van der Waals surface area contributed by atoms with Crippen molar-refractivity contribution < 1.29 is 9.59 Å². The molecular weight excluding hydrogens is 356 g/mol. The van der Waals surface area contributed by atoms with Gasteiger partial charge in [-0.2, -0.15) is 0 Å². The molecule has 1 unspecified atom stereocenters. The Bertz CT molecular complexity index is 499. The van der Waals surface area contributed by atoms with Crippen LogP contribution in [0.25, 0.3) is 0 Å². The standard InChI is InChI=1S/C24H43B2NO2/c1-23(17-11-8-6-4-3-5-7-9-12-18-23)25-26-24(2)19-13-10-15-21(28)27-22(29)16-14-20-24/h3-20H2,1-2H3,(H,27,28,29). The van der Waals surface area contributed by atoms with Crippen molar-refractivity contribution in [1.29, 1.82) is 0 Å². The first-order valence-electron chi connectivity index (χ1n) is 12.4. The summed E-state index contributed by atoms with van der Waals surface area (Å²) in [5.74, 6) is -0.204. The van der Waals surface area contributed by atoms with Crippen molar-refractivity contribution in [2.75, 3.05) is 0 Å². The van der Waals surface area contributed by atoms with Gasteiger partial charge in [0.25, 0.3) is 0 Å². The number of carbonyl (C=O) groups excluding carboxylic acids is 2. The van der Waals surface area contributed by atoms with Gasteiger partial charge in [0, 0.05) is 12.8 Å². The van der Waals surface area contributed by atoms with E-state index in [0.717, 1.165) is 32.1 Å². The predicted octanol–water partition coefficient (Wildman–Crippen LogP) is 6.36. The van der Waals surface area contributed by atoms with Gasteiger partial charge in [0.1, 0.15) is 0 Å². The van der Waals surface area contributed by atoms with Gasteiger partial charge in [-0.1, -0.05) is 114 Å². The third kappa shape index (κ3) is 10.2. The number of nitrogens with one attached hydrogen (secondary N) is 1. The summed E-state index contributed by atoms with van der Waals surface area (Å²) >= 11 is 0. The number of hydrogen-bond donors (Lipinski definition) is 1. The van der Waals surface area contributed by atoms with E-state index in [9.17, 15) is 9.59 Å². The average molecular weight is 399 g/mol. The molecule has 2 radical (unpaired) electrons. The summed E-state index contributed by atoms with van der Waals surface area (Å²) in [6, 6.07) is 0. The Kier molecular flexibility index (Phi) is 10.9. The number of carbonyl (C=O) groups is 2. The molecule has 29 heavy (non-hydrogen) atoms. The Morgan fingerprint density at radius 1 is 0.552 bits per heavy atom. The van der Waals surface area contributed by atoms with Crippen LogP contribution in [0.2, 0.25) is 10.6 Å². The third-order valence-electron chi connectivity index (χ3n) is 7.22. The summed E-state index contributed by atoms with van der Waals surface area (Å²) in [5.41, 5.74) is 0. The second-order valence-corrected chi connectivity index (χ2v) is 10.4. The van der Waals surface area contributed by atoms with Gasteiger partial charge >= 0.3 is 0 Å². The SMILES string of the molecule is CC1([B][B]C2(C)CCCCC(=O)NC(=O)CCC2)CCCCCCCCCCC1. The van der Waals surface area contributed by atoms with Crippen molar-refractivity contribution in [2.45, 2.75) is 140 Å². The monoisotopic (exact) mass is 399 g/mol. The summed E-state index contributed by atoms with van der Waals surface area (Å²) in [7, 11) is 5.04. The molecule has 1 saturated heterocycles. The third-order valence-corrected chi connectivity index (χ3v) is 7.22. The zero-order valence-electron chi connectivity index (χ0n) is 19.2. The summed E-state index contributed by atoms with van der Waals surface area (Å²) in [5, 5.41) is 2.98. The van der Waals surface area contributed by atoms with E-state index in [1.807, 2.05) is 0 Å². The highest BCUT2D eigenvalue weighted by molar-refractivity contribution is 7.03. The van der Waals surface area contributed by atoms with Crippen molar-refractivity contribution in [2.24, 2.45) is 0 Å². The lowest BCUT2D eigenvalue weighted by Gasteiger charge is -2.36. The molecule has 162 valence electrons. The van der Waals surface area contributed by atoms with Crippen LogP contribution in [0.15, 0.2) is 0 Å². The lowest BCUT2D eigenvalue weighted by atomic mass is 9.20. The molecule has 0 aromatic heterocycles. The summed E-state index contributed by atoms with van der Waals surface area (Å²) in [6.07, 6.45) is 21.0. The quantitative estimate of drug-likeness (QED) is 0.444. The number of imide groups is 1. The fourth-order valence-corrected chi connectivity index (χ4v) is 5.03. The molecule has 0 spiro atoms. The molecule has 2 rings (SSSR count). The predicted molar refractivity (Wildman–Crippen MR) is 124 cm³/mol. The molecule has 1 heterocycles. The first kappa shape index (κ1) is 24.5. The van der Waals surface area contributed by atoms with Crippen LogP contribution in [-0.2, 0) is 9.59 Å². The molecule has 1 aliphatic carbocycles. The van der Waals surface area contributed by atoms with Crippen molar-refractivity contribution in [3.05, 3.63) is 0 Å². The number of rotatable bonds is 3. The maximum Gasteiger partial charge on any atom is 0.226 e.